The van der Waals surface area contributed by atoms with Gasteiger partial charge in [-0.2, -0.15) is 22.0 Å². The molecule has 0 spiro atoms. The molecule has 0 bridgehead atoms. The summed E-state index contributed by atoms with van der Waals surface area (Å²) in [6.07, 6.45) is -8.49. The van der Waals surface area contributed by atoms with Gasteiger partial charge in [0.1, 0.15) is 6.33 Å². The first-order chi connectivity index (χ1) is 8.14. The Morgan fingerprint density at radius 1 is 1.33 bits per heavy atom. The van der Waals surface area contributed by atoms with Crippen LogP contribution in [0.1, 0.15) is 0 Å². The van der Waals surface area contributed by atoms with Gasteiger partial charge in [0.15, 0.2) is 6.61 Å². The molecule has 0 amide bonds. The molecule has 0 aliphatic rings. The van der Waals surface area contributed by atoms with E-state index in [9.17, 15) is 31.1 Å². The van der Waals surface area contributed by atoms with Crippen molar-refractivity contribution in [3.63, 3.8) is 0 Å². The maximum Gasteiger partial charge on any atom is 0.425 e. The molecule has 0 fully saturated rings. The van der Waals surface area contributed by atoms with E-state index in [4.69, 9.17) is 0 Å². The molecule has 1 rings (SSSR count). The van der Waals surface area contributed by atoms with Crippen LogP contribution in [0.25, 0.3) is 0 Å². The average molecular weight is 276 g/mol. The van der Waals surface area contributed by atoms with Crippen LogP contribution in [0.2, 0.25) is 0 Å². The van der Waals surface area contributed by atoms with Crippen LogP contribution in [-0.2, 0) is 4.74 Å². The van der Waals surface area contributed by atoms with Gasteiger partial charge in [0.05, 0.1) is 0 Å². The van der Waals surface area contributed by atoms with Crippen LogP contribution in [0.4, 0.5) is 31.1 Å². The zero-order valence-electron chi connectivity index (χ0n) is 8.50. The number of hydrogen-bond acceptors (Lipinski definition) is 3. The van der Waals surface area contributed by atoms with Crippen molar-refractivity contribution in [3.8, 4) is 0 Å². The highest BCUT2D eigenvalue weighted by Crippen LogP contribution is 2.35. The summed E-state index contributed by atoms with van der Waals surface area (Å²) in [6.45, 7) is -2.02. The Morgan fingerprint density at radius 3 is 2.39 bits per heavy atom. The monoisotopic (exact) mass is 276 g/mol. The summed E-state index contributed by atoms with van der Waals surface area (Å²) in [6, 6.07) is 0. The SMILES string of the molecule is O=C(OCC(F)(F)[C@H](F)C(F)(F)F)n1ccnc1. The summed E-state index contributed by atoms with van der Waals surface area (Å²) >= 11 is 0. The average Bonchev–Trinajstić information content (AvgIpc) is 2.77. The molecule has 0 saturated heterocycles. The summed E-state index contributed by atoms with van der Waals surface area (Å²) in [5, 5.41) is 0. The molecule has 4 nitrogen and oxygen atoms in total. The summed E-state index contributed by atoms with van der Waals surface area (Å²) < 4.78 is 77.5. The van der Waals surface area contributed by atoms with Crippen molar-refractivity contribution in [2.45, 2.75) is 18.3 Å². The molecule has 1 aromatic rings. The number of aromatic nitrogens is 2. The van der Waals surface area contributed by atoms with Gasteiger partial charge in [-0.05, 0) is 0 Å². The molecule has 10 heteroatoms. The third-order valence-corrected chi connectivity index (χ3v) is 1.76. The van der Waals surface area contributed by atoms with Crippen LogP contribution in [0.3, 0.4) is 0 Å². The van der Waals surface area contributed by atoms with E-state index < -0.39 is 31.0 Å². The highest BCUT2D eigenvalue weighted by molar-refractivity contribution is 5.69. The van der Waals surface area contributed by atoms with Crippen LogP contribution >= 0.6 is 0 Å². The molecule has 0 aliphatic heterocycles. The minimum Gasteiger partial charge on any atom is -0.442 e. The number of imidazole rings is 1. The fourth-order valence-electron chi connectivity index (χ4n) is 0.912. The lowest BCUT2D eigenvalue weighted by atomic mass is 10.2. The van der Waals surface area contributed by atoms with Crippen molar-refractivity contribution in [1.82, 2.24) is 9.55 Å². The van der Waals surface area contributed by atoms with Crippen molar-refractivity contribution >= 4 is 6.09 Å². The number of alkyl halides is 6. The minimum absolute atomic E-state index is 0.608. The first-order valence-corrected chi connectivity index (χ1v) is 4.38. The van der Waals surface area contributed by atoms with E-state index in [1.54, 1.807) is 0 Å². The Bertz CT molecular complexity index is 402. The van der Waals surface area contributed by atoms with Crippen molar-refractivity contribution in [2.24, 2.45) is 0 Å². The fraction of sp³-hybridized carbons (Fsp3) is 0.500. The van der Waals surface area contributed by atoms with E-state index in [1.807, 2.05) is 0 Å². The van der Waals surface area contributed by atoms with Gasteiger partial charge >= 0.3 is 18.2 Å². The zero-order valence-corrected chi connectivity index (χ0v) is 8.50. The highest BCUT2D eigenvalue weighted by Gasteiger charge is 2.57. The lowest BCUT2D eigenvalue weighted by Gasteiger charge is -2.22. The maximum atomic E-state index is 12.7. The Morgan fingerprint density at radius 2 is 1.94 bits per heavy atom. The smallest absolute Gasteiger partial charge is 0.425 e. The van der Waals surface area contributed by atoms with Crippen molar-refractivity contribution in [2.75, 3.05) is 6.61 Å². The largest absolute Gasteiger partial charge is 0.442 e. The number of hydrogen-bond donors (Lipinski definition) is 0. The fourth-order valence-corrected chi connectivity index (χ4v) is 0.912. The quantitative estimate of drug-likeness (QED) is 0.796. The number of halogens is 6. The van der Waals surface area contributed by atoms with Gasteiger partial charge in [0.2, 0.25) is 0 Å². The number of carbonyl (C=O) groups excluding carboxylic acids is 1. The summed E-state index contributed by atoms with van der Waals surface area (Å²) in [5.74, 6) is -4.85. The summed E-state index contributed by atoms with van der Waals surface area (Å²) in [5.41, 5.74) is 0. The number of rotatable bonds is 3. The molecular formula is C8H6F6N2O2. The van der Waals surface area contributed by atoms with Gasteiger partial charge in [-0.3, -0.25) is 0 Å². The van der Waals surface area contributed by atoms with Crippen LogP contribution in [-0.4, -0.2) is 40.5 Å². The lowest BCUT2D eigenvalue weighted by Crippen LogP contribution is -2.45. The molecule has 1 aromatic heterocycles. The number of carbonyl (C=O) groups is 1. The van der Waals surface area contributed by atoms with E-state index in [0.29, 0.717) is 4.57 Å². The van der Waals surface area contributed by atoms with Gasteiger partial charge in [-0.15, -0.1) is 0 Å². The normalized spacial score (nSPS) is 14.3. The van der Waals surface area contributed by atoms with Gasteiger partial charge in [0.25, 0.3) is 6.17 Å². The van der Waals surface area contributed by atoms with Crippen LogP contribution in [0.5, 0.6) is 0 Å². The Labute approximate surface area is 96.2 Å². The van der Waals surface area contributed by atoms with Gasteiger partial charge in [0, 0.05) is 12.4 Å². The molecule has 0 radical (unpaired) electrons. The standard InChI is InChI=1S/C8H6F6N2O2/c9-5(8(12,13)14)7(10,11)3-18-6(17)16-2-1-15-4-16/h1-2,4-5H,3H2/t5-/m0/s1. The molecular weight excluding hydrogens is 270 g/mol. The van der Waals surface area contributed by atoms with Crippen molar-refractivity contribution in [3.05, 3.63) is 18.7 Å². The molecule has 102 valence electrons. The van der Waals surface area contributed by atoms with Gasteiger partial charge in [-0.1, -0.05) is 0 Å². The first kappa shape index (κ1) is 14.3. The molecule has 0 N–H and O–H groups in total. The van der Waals surface area contributed by atoms with E-state index >= 15 is 0 Å². The van der Waals surface area contributed by atoms with Crippen LogP contribution in [0, 0.1) is 0 Å². The second-order valence-corrected chi connectivity index (χ2v) is 3.19. The molecule has 18 heavy (non-hydrogen) atoms. The number of nitrogens with zero attached hydrogens (tertiary/aromatic N) is 2. The Hall–Kier alpha value is -1.74. The topological polar surface area (TPSA) is 44.1 Å². The lowest BCUT2D eigenvalue weighted by molar-refractivity contribution is -0.251. The van der Waals surface area contributed by atoms with Crippen LogP contribution in [0.15, 0.2) is 18.7 Å². The third kappa shape index (κ3) is 3.37. The van der Waals surface area contributed by atoms with Gasteiger partial charge < -0.3 is 4.74 Å². The Kier molecular flexibility index (Phi) is 3.87. The van der Waals surface area contributed by atoms with Crippen LogP contribution < -0.4 is 0 Å². The molecule has 0 aromatic carbocycles. The molecule has 1 atom stereocenters. The van der Waals surface area contributed by atoms with E-state index in [1.165, 1.54) is 0 Å². The van der Waals surface area contributed by atoms with Crippen molar-refractivity contribution in [1.29, 1.82) is 0 Å². The highest BCUT2D eigenvalue weighted by atomic mass is 19.4. The maximum absolute atomic E-state index is 12.7. The zero-order chi connectivity index (χ0) is 14.0. The molecule has 1 heterocycles. The van der Waals surface area contributed by atoms with E-state index in [0.717, 1.165) is 18.7 Å². The van der Waals surface area contributed by atoms with Crippen molar-refractivity contribution < 1.29 is 35.9 Å². The minimum atomic E-state index is -5.73. The molecule has 0 unspecified atom stereocenters. The molecule has 0 saturated carbocycles. The van der Waals surface area contributed by atoms with Gasteiger partial charge in [-0.25, -0.2) is 18.7 Å². The molecule has 0 aliphatic carbocycles. The first-order valence-electron chi connectivity index (χ1n) is 4.38. The second kappa shape index (κ2) is 4.86. The van der Waals surface area contributed by atoms with E-state index in [-0.39, 0.29) is 0 Å². The predicted molar refractivity (Wildman–Crippen MR) is 44.9 cm³/mol. The Balaban J connectivity index is 2.59. The second-order valence-electron chi connectivity index (χ2n) is 3.19. The number of ether oxygens (including phenoxy) is 1. The third-order valence-electron chi connectivity index (χ3n) is 1.76. The van der Waals surface area contributed by atoms with E-state index in [2.05, 4.69) is 9.72 Å². The predicted octanol–water partition coefficient (Wildman–Crippen LogP) is 2.40. The summed E-state index contributed by atoms with van der Waals surface area (Å²) in [7, 11) is 0. The summed E-state index contributed by atoms with van der Waals surface area (Å²) in [4.78, 5) is 14.4.